The Kier molecular flexibility index (Phi) is 10.4. The molecule has 0 unspecified atom stereocenters. The van der Waals surface area contributed by atoms with Gasteiger partial charge in [-0.15, -0.1) is 0 Å². The van der Waals surface area contributed by atoms with Crippen LogP contribution < -0.4 is 4.74 Å². The SMILES string of the molecule is C/C=C/C1CCC(C2CCC(C3COC(C(=O)Oc4cc(F)c(C/C=C/C(F)F)c(F)c4)OC3)CC2)CC1. The fraction of sp³-hybridized carbons (Fsp3) is 0.633. The highest BCUT2D eigenvalue weighted by Gasteiger charge is 2.37. The number of benzene rings is 1. The summed E-state index contributed by atoms with van der Waals surface area (Å²) in [7, 11) is 0. The zero-order valence-electron chi connectivity index (χ0n) is 21.9. The molecular weight excluding hydrogens is 500 g/mol. The van der Waals surface area contributed by atoms with Gasteiger partial charge in [0.2, 0.25) is 0 Å². The average molecular weight is 539 g/mol. The van der Waals surface area contributed by atoms with E-state index in [1.165, 1.54) is 38.5 Å². The topological polar surface area (TPSA) is 44.8 Å². The lowest BCUT2D eigenvalue weighted by Crippen LogP contribution is -2.42. The van der Waals surface area contributed by atoms with Crippen LogP contribution in [0.3, 0.4) is 0 Å². The number of esters is 1. The van der Waals surface area contributed by atoms with E-state index in [-0.39, 0.29) is 23.7 Å². The summed E-state index contributed by atoms with van der Waals surface area (Å²) in [5, 5.41) is 0. The van der Waals surface area contributed by atoms with Gasteiger partial charge < -0.3 is 14.2 Å². The van der Waals surface area contributed by atoms with Crippen LogP contribution in [0, 0.1) is 41.2 Å². The van der Waals surface area contributed by atoms with Gasteiger partial charge in [-0.2, -0.15) is 0 Å². The Morgan fingerprint density at radius 3 is 1.97 bits per heavy atom. The molecule has 0 N–H and O–H groups in total. The molecule has 0 aromatic heterocycles. The molecule has 4 rings (SSSR count). The summed E-state index contributed by atoms with van der Waals surface area (Å²) in [5.41, 5.74) is -0.384. The Hall–Kier alpha value is -2.19. The van der Waals surface area contributed by atoms with E-state index in [2.05, 4.69) is 19.1 Å². The van der Waals surface area contributed by atoms with Crippen LogP contribution in [-0.4, -0.2) is 31.9 Å². The number of carbonyl (C=O) groups is 1. The third-order valence-corrected chi connectivity index (χ3v) is 8.48. The molecule has 8 heteroatoms. The summed E-state index contributed by atoms with van der Waals surface area (Å²) in [6, 6.07) is 1.70. The molecule has 1 heterocycles. The van der Waals surface area contributed by atoms with Crippen molar-refractivity contribution in [2.24, 2.45) is 29.6 Å². The molecule has 1 aromatic rings. The van der Waals surface area contributed by atoms with Crippen LogP contribution in [0.2, 0.25) is 0 Å². The van der Waals surface area contributed by atoms with E-state index in [1.807, 2.05) is 0 Å². The summed E-state index contributed by atoms with van der Waals surface area (Å²) in [4.78, 5) is 12.5. The number of rotatable bonds is 8. The molecule has 3 aliphatic rings. The molecule has 4 nitrogen and oxygen atoms in total. The molecule has 1 saturated heterocycles. The van der Waals surface area contributed by atoms with Crippen molar-refractivity contribution in [3.05, 3.63) is 53.6 Å². The van der Waals surface area contributed by atoms with Gasteiger partial charge in [-0.05, 0) is 94.5 Å². The minimum absolute atomic E-state index is 0.209. The molecule has 0 amide bonds. The fourth-order valence-corrected chi connectivity index (χ4v) is 6.38. The minimum Gasteiger partial charge on any atom is -0.423 e. The Morgan fingerprint density at radius 1 is 0.921 bits per heavy atom. The van der Waals surface area contributed by atoms with Crippen molar-refractivity contribution in [2.75, 3.05) is 13.2 Å². The van der Waals surface area contributed by atoms with Crippen molar-refractivity contribution >= 4 is 5.97 Å². The molecule has 210 valence electrons. The Labute approximate surface area is 222 Å². The molecule has 3 fully saturated rings. The molecule has 1 aromatic carbocycles. The van der Waals surface area contributed by atoms with Crippen LogP contribution in [0.25, 0.3) is 0 Å². The van der Waals surface area contributed by atoms with Crippen molar-refractivity contribution < 1.29 is 36.6 Å². The van der Waals surface area contributed by atoms with Crippen LogP contribution in [0.5, 0.6) is 5.75 Å². The molecule has 2 aliphatic carbocycles. The van der Waals surface area contributed by atoms with E-state index in [9.17, 15) is 22.4 Å². The van der Waals surface area contributed by atoms with Crippen LogP contribution in [-0.2, 0) is 20.7 Å². The van der Waals surface area contributed by atoms with Crippen LogP contribution in [0.1, 0.15) is 63.9 Å². The molecule has 0 bridgehead atoms. The predicted molar refractivity (Wildman–Crippen MR) is 136 cm³/mol. The van der Waals surface area contributed by atoms with Gasteiger partial charge in [-0.25, -0.2) is 22.4 Å². The van der Waals surface area contributed by atoms with Crippen molar-refractivity contribution in [3.8, 4) is 5.75 Å². The number of hydrogen-bond donors (Lipinski definition) is 0. The van der Waals surface area contributed by atoms with Gasteiger partial charge in [0.15, 0.2) is 0 Å². The first-order chi connectivity index (χ1) is 18.3. The number of carbonyl (C=O) groups excluding carboxylic acids is 1. The lowest BCUT2D eigenvalue weighted by atomic mass is 9.67. The second-order valence-corrected chi connectivity index (χ2v) is 10.9. The molecule has 0 radical (unpaired) electrons. The molecule has 0 atom stereocenters. The number of alkyl halides is 2. The van der Waals surface area contributed by atoms with Crippen molar-refractivity contribution in [1.29, 1.82) is 0 Å². The highest BCUT2D eigenvalue weighted by Crippen LogP contribution is 2.43. The molecule has 2 saturated carbocycles. The predicted octanol–water partition coefficient (Wildman–Crippen LogP) is 7.41. The molecule has 0 spiro atoms. The van der Waals surface area contributed by atoms with Gasteiger partial charge >= 0.3 is 5.97 Å². The van der Waals surface area contributed by atoms with Crippen LogP contribution >= 0.6 is 0 Å². The van der Waals surface area contributed by atoms with E-state index >= 15 is 0 Å². The molecule has 1 aliphatic heterocycles. The van der Waals surface area contributed by atoms with E-state index in [1.54, 1.807) is 0 Å². The second kappa shape index (κ2) is 13.7. The maximum Gasteiger partial charge on any atom is 0.368 e. The summed E-state index contributed by atoms with van der Waals surface area (Å²) in [6.07, 6.45) is 11.8. The van der Waals surface area contributed by atoms with Crippen molar-refractivity contribution in [2.45, 2.75) is 77.4 Å². The van der Waals surface area contributed by atoms with Crippen LogP contribution in [0.4, 0.5) is 17.6 Å². The Morgan fingerprint density at radius 2 is 1.45 bits per heavy atom. The number of hydrogen-bond acceptors (Lipinski definition) is 4. The van der Waals surface area contributed by atoms with Gasteiger partial charge in [0.1, 0.15) is 17.4 Å². The monoisotopic (exact) mass is 538 g/mol. The lowest BCUT2D eigenvalue weighted by molar-refractivity contribution is -0.221. The second-order valence-electron chi connectivity index (χ2n) is 10.9. The Balaban J connectivity index is 1.20. The fourth-order valence-electron chi connectivity index (χ4n) is 6.38. The first kappa shape index (κ1) is 28.8. The third kappa shape index (κ3) is 7.69. The number of allylic oxidation sites excluding steroid dienone is 4. The third-order valence-electron chi connectivity index (χ3n) is 8.48. The number of halogens is 4. The smallest absolute Gasteiger partial charge is 0.368 e. The summed E-state index contributed by atoms with van der Waals surface area (Å²) in [5.74, 6) is -0.0880. The van der Waals surface area contributed by atoms with Gasteiger partial charge in [0, 0.05) is 23.6 Å². The molecule has 38 heavy (non-hydrogen) atoms. The first-order valence-corrected chi connectivity index (χ1v) is 13.8. The summed E-state index contributed by atoms with van der Waals surface area (Å²) < 4.78 is 69.3. The minimum atomic E-state index is -2.70. The highest BCUT2D eigenvalue weighted by atomic mass is 19.3. The number of ether oxygens (including phenoxy) is 3. The molecular formula is C30H38F4O4. The van der Waals surface area contributed by atoms with Crippen molar-refractivity contribution in [3.63, 3.8) is 0 Å². The summed E-state index contributed by atoms with van der Waals surface area (Å²) >= 11 is 0. The van der Waals surface area contributed by atoms with Gasteiger partial charge in [0.05, 0.1) is 13.2 Å². The Bertz CT molecular complexity index is 947. The van der Waals surface area contributed by atoms with Crippen molar-refractivity contribution in [1.82, 2.24) is 0 Å². The average Bonchev–Trinajstić information content (AvgIpc) is 2.91. The zero-order chi connectivity index (χ0) is 27.1. The first-order valence-electron chi connectivity index (χ1n) is 13.8. The van der Waals surface area contributed by atoms with E-state index < -0.39 is 30.3 Å². The van der Waals surface area contributed by atoms with E-state index in [0.717, 1.165) is 48.8 Å². The lowest BCUT2D eigenvalue weighted by Gasteiger charge is -2.40. The maximum atomic E-state index is 14.3. The normalized spacial score (nSPS) is 30.8. The van der Waals surface area contributed by atoms with Gasteiger partial charge in [-0.1, -0.05) is 18.2 Å². The standard InChI is InChI=1S/C30H38F4O4/c1-2-4-19-7-9-20(10-8-19)21-11-13-22(14-12-21)23-17-36-30(37-18-23)29(35)38-24-15-26(31)25(27(32)16-24)5-3-6-28(33)34/h2-4,6,15-16,19-23,28,30H,5,7-14,17-18H2,1H3/b4-2+,6-3+. The van der Waals surface area contributed by atoms with E-state index in [0.29, 0.717) is 25.2 Å². The summed E-state index contributed by atoms with van der Waals surface area (Å²) in [6.45, 7) is 2.85. The zero-order valence-corrected chi connectivity index (χ0v) is 21.9. The van der Waals surface area contributed by atoms with Gasteiger partial charge in [-0.3, -0.25) is 0 Å². The highest BCUT2D eigenvalue weighted by molar-refractivity contribution is 5.76. The van der Waals surface area contributed by atoms with Gasteiger partial charge in [0.25, 0.3) is 12.7 Å². The van der Waals surface area contributed by atoms with E-state index in [4.69, 9.17) is 14.2 Å². The maximum absolute atomic E-state index is 14.3. The van der Waals surface area contributed by atoms with Crippen LogP contribution in [0.15, 0.2) is 36.4 Å². The largest absolute Gasteiger partial charge is 0.423 e. The quantitative estimate of drug-likeness (QED) is 0.150.